The van der Waals surface area contributed by atoms with E-state index in [1.54, 1.807) is 0 Å². The molecule has 2 aliphatic rings. The van der Waals surface area contributed by atoms with Crippen molar-refractivity contribution < 1.29 is 0 Å². The largest absolute Gasteiger partial charge is 0.318 e. The van der Waals surface area contributed by atoms with E-state index >= 15 is 0 Å². The minimum absolute atomic E-state index is 0.167. The first-order chi connectivity index (χ1) is 22.8. The Morgan fingerprint density at radius 3 is 2.30 bits per heavy atom. The van der Waals surface area contributed by atoms with Gasteiger partial charge in [-0.25, -0.2) is 4.98 Å². The molecule has 0 radical (unpaired) electrons. The lowest BCUT2D eigenvalue weighted by molar-refractivity contribution is 0.777. The second-order valence-electron chi connectivity index (χ2n) is 12.2. The minimum atomic E-state index is 0.167. The predicted molar refractivity (Wildman–Crippen MR) is 191 cm³/mol. The van der Waals surface area contributed by atoms with Crippen molar-refractivity contribution in [2.75, 3.05) is 4.90 Å². The molecule has 0 saturated heterocycles. The molecule has 0 saturated carbocycles. The zero-order valence-corrected chi connectivity index (χ0v) is 25.0. The number of hydrogen-bond donors (Lipinski definition) is 0. The van der Waals surface area contributed by atoms with Gasteiger partial charge in [-0.1, -0.05) is 91.0 Å². The van der Waals surface area contributed by atoms with Crippen molar-refractivity contribution in [3.05, 3.63) is 152 Å². The lowest BCUT2D eigenvalue weighted by Crippen LogP contribution is -2.32. The van der Waals surface area contributed by atoms with Gasteiger partial charge in [0, 0.05) is 33.6 Å². The molecule has 0 fully saturated rings. The number of fused-ring (bicyclic) bond motifs is 7. The summed E-state index contributed by atoms with van der Waals surface area (Å²) >= 11 is 0. The Morgan fingerprint density at radius 2 is 1.41 bits per heavy atom. The Hall–Kier alpha value is -6.00. The molecule has 0 spiro atoms. The SMILES string of the molecule is C1=CCC(N2c3ccc(-c4ccc5c(c4)c4ccccc4n5-c4ccccc4)cc3-c3nccc4c3c2nc2ccccc24)C=C1. The van der Waals surface area contributed by atoms with Crippen LogP contribution >= 0.6 is 0 Å². The topological polar surface area (TPSA) is 34.0 Å². The number of para-hydroxylation sites is 3. The van der Waals surface area contributed by atoms with E-state index in [0.717, 1.165) is 45.5 Å². The third kappa shape index (κ3) is 3.61. The van der Waals surface area contributed by atoms with Crippen LogP contribution in [-0.4, -0.2) is 20.6 Å². The minimum Gasteiger partial charge on any atom is -0.318 e. The highest BCUT2D eigenvalue weighted by Crippen LogP contribution is 2.50. The van der Waals surface area contributed by atoms with Crippen molar-refractivity contribution in [1.82, 2.24) is 14.5 Å². The Bertz CT molecular complexity index is 2570. The predicted octanol–water partition coefficient (Wildman–Crippen LogP) is 10.6. The first kappa shape index (κ1) is 25.3. The Morgan fingerprint density at radius 1 is 0.630 bits per heavy atom. The summed E-state index contributed by atoms with van der Waals surface area (Å²) in [6.07, 6.45) is 11.7. The number of allylic oxidation sites excluding steroid dienone is 2. The van der Waals surface area contributed by atoms with E-state index in [4.69, 9.17) is 9.97 Å². The third-order valence-corrected chi connectivity index (χ3v) is 9.64. The van der Waals surface area contributed by atoms with Crippen molar-refractivity contribution in [3.63, 3.8) is 0 Å². The molecule has 1 aliphatic heterocycles. The first-order valence-corrected chi connectivity index (χ1v) is 15.9. The van der Waals surface area contributed by atoms with E-state index in [-0.39, 0.29) is 6.04 Å². The summed E-state index contributed by atoms with van der Waals surface area (Å²) < 4.78 is 2.37. The van der Waals surface area contributed by atoms with Crippen molar-refractivity contribution in [2.24, 2.45) is 0 Å². The van der Waals surface area contributed by atoms with Gasteiger partial charge in [-0.05, 0) is 77.5 Å². The first-order valence-electron chi connectivity index (χ1n) is 15.9. The maximum Gasteiger partial charge on any atom is 0.144 e. The molecule has 10 rings (SSSR count). The maximum atomic E-state index is 5.29. The van der Waals surface area contributed by atoms with Crippen LogP contribution in [0.1, 0.15) is 6.42 Å². The smallest absolute Gasteiger partial charge is 0.144 e. The lowest BCUT2D eigenvalue weighted by Gasteiger charge is -2.37. The molecule has 1 atom stereocenters. The summed E-state index contributed by atoms with van der Waals surface area (Å²) in [5, 5.41) is 5.97. The molecule has 1 aliphatic carbocycles. The second kappa shape index (κ2) is 9.75. The van der Waals surface area contributed by atoms with E-state index in [9.17, 15) is 0 Å². The molecule has 216 valence electrons. The van der Waals surface area contributed by atoms with Crippen LogP contribution < -0.4 is 4.90 Å². The van der Waals surface area contributed by atoms with E-state index in [1.165, 1.54) is 44.0 Å². The number of benzene rings is 5. The highest BCUT2D eigenvalue weighted by atomic mass is 15.2. The van der Waals surface area contributed by atoms with Crippen LogP contribution in [-0.2, 0) is 0 Å². The van der Waals surface area contributed by atoms with Crippen molar-refractivity contribution in [1.29, 1.82) is 0 Å². The number of hydrogen-bond acceptors (Lipinski definition) is 3. The second-order valence-corrected chi connectivity index (χ2v) is 12.2. The van der Waals surface area contributed by atoms with Crippen LogP contribution in [0.2, 0.25) is 0 Å². The molecule has 4 nitrogen and oxygen atoms in total. The highest BCUT2D eigenvalue weighted by Gasteiger charge is 2.32. The van der Waals surface area contributed by atoms with Crippen LogP contribution in [0.5, 0.6) is 0 Å². The van der Waals surface area contributed by atoms with Gasteiger partial charge >= 0.3 is 0 Å². The summed E-state index contributed by atoms with van der Waals surface area (Å²) in [6, 6.07) is 43.8. The highest BCUT2D eigenvalue weighted by molar-refractivity contribution is 6.18. The number of pyridine rings is 2. The Kier molecular flexibility index (Phi) is 5.37. The molecule has 1 unspecified atom stereocenters. The van der Waals surface area contributed by atoms with E-state index < -0.39 is 0 Å². The maximum absolute atomic E-state index is 5.29. The molecular weight excluding hydrogens is 560 g/mol. The van der Waals surface area contributed by atoms with Gasteiger partial charge < -0.3 is 9.47 Å². The molecule has 3 aromatic heterocycles. The molecule has 0 amide bonds. The van der Waals surface area contributed by atoms with E-state index in [2.05, 4.69) is 155 Å². The van der Waals surface area contributed by atoms with Gasteiger partial charge in [0.05, 0.1) is 39.4 Å². The van der Waals surface area contributed by atoms with Gasteiger partial charge in [0.25, 0.3) is 0 Å². The van der Waals surface area contributed by atoms with E-state index in [0.29, 0.717) is 0 Å². The van der Waals surface area contributed by atoms with Gasteiger partial charge in [0.2, 0.25) is 0 Å². The van der Waals surface area contributed by atoms with Gasteiger partial charge in [-0.15, -0.1) is 0 Å². The molecule has 4 heteroatoms. The summed E-state index contributed by atoms with van der Waals surface area (Å²) in [5.74, 6) is 0.983. The number of anilines is 2. The van der Waals surface area contributed by atoms with Crippen LogP contribution in [0.4, 0.5) is 11.5 Å². The number of nitrogens with zero attached hydrogens (tertiary/aromatic N) is 4. The van der Waals surface area contributed by atoms with Crippen molar-refractivity contribution in [2.45, 2.75) is 12.5 Å². The summed E-state index contributed by atoms with van der Waals surface area (Å²) in [4.78, 5) is 12.7. The fraction of sp³-hybridized carbons (Fsp3) is 0.0476. The van der Waals surface area contributed by atoms with Crippen LogP contribution in [0.3, 0.4) is 0 Å². The monoisotopic (exact) mass is 588 g/mol. The fourth-order valence-corrected chi connectivity index (χ4v) is 7.59. The summed E-state index contributed by atoms with van der Waals surface area (Å²) in [6.45, 7) is 0. The quantitative estimate of drug-likeness (QED) is 0.193. The molecule has 0 N–H and O–H groups in total. The van der Waals surface area contributed by atoms with Gasteiger partial charge in [-0.2, -0.15) is 0 Å². The Labute approximate surface area is 266 Å². The molecular formula is C42H28N4. The van der Waals surface area contributed by atoms with Crippen LogP contribution in [0, 0.1) is 0 Å². The molecule has 0 bridgehead atoms. The zero-order chi connectivity index (χ0) is 30.2. The van der Waals surface area contributed by atoms with Gasteiger partial charge in [0.15, 0.2) is 0 Å². The zero-order valence-electron chi connectivity index (χ0n) is 25.0. The normalized spacial score (nSPS) is 15.3. The molecule has 4 heterocycles. The molecule has 5 aromatic carbocycles. The van der Waals surface area contributed by atoms with Crippen molar-refractivity contribution in [3.8, 4) is 28.1 Å². The third-order valence-electron chi connectivity index (χ3n) is 9.64. The van der Waals surface area contributed by atoms with Crippen molar-refractivity contribution >= 4 is 55.0 Å². The standard InChI is InChI=1S/C42H28N4/c1-3-11-29(12-4-1)45-37-18-10-8-16-32(37)34-25-27(19-21-38(34)45)28-20-22-39-35(26-28)41-40-33(23-24-43-41)31-15-7-9-17-36(31)44-42(40)46(39)30-13-5-2-6-14-30/h1-13,15-26,30H,14H2. The average Bonchev–Trinajstić information content (AvgIpc) is 3.46. The van der Waals surface area contributed by atoms with Crippen LogP contribution in [0.15, 0.2) is 152 Å². The molecule has 46 heavy (non-hydrogen) atoms. The van der Waals surface area contributed by atoms with Gasteiger partial charge in [-0.3, -0.25) is 4.98 Å². The molecule has 8 aromatic rings. The Balaban J connectivity index is 1.21. The fourth-order valence-electron chi connectivity index (χ4n) is 7.59. The number of rotatable bonds is 3. The number of aromatic nitrogens is 3. The average molecular weight is 589 g/mol. The summed E-state index contributed by atoms with van der Waals surface area (Å²) in [5.41, 5.74) is 10.2. The summed E-state index contributed by atoms with van der Waals surface area (Å²) in [7, 11) is 0. The lowest BCUT2D eigenvalue weighted by atomic mass is 9.91. The van der Waals surface area contributed by atoms with E-state index in [1.807, 2.05) is 6.20 Å². The van der Waals surface area contributed by atoms with Crippen LogP contribution in [0.25, 0.3) is 71.6 Å². The van der Waals surface area contributed by atoms with Gasteiger partial charge in [0.1, 0.15) is 5.82 Å².